The molecule has 5 heteroatoms. The molecule has 0 aliphatic heterocycles. The summed E-state index contributed by atoms with van der Waals surface area (Å²) in [6.45, 7) is 1.90. The molecular formula is C12H17N3O2. The van der Waals surface area contributed by atoms with E-state index in [2.05, 4.69) is 9.97 Å². The summed E-state index contributed by atoms with van der Waals surface area (Å²) in [7, 11) is 1.62. The molecule has 0 saturated heterocycles. The summed E-state index contributed by atoms with van der Waals surface area (Å²) in [5, 5.41) is 9.89. The highest BCUT2D eigenvalue weighted by molar-refractivity contribution is 5.76. The number of nitrogens with zero attached hydrogens (tertiary/aromatic N) is 1. The van der Waals surface area contributed by atoms with Gasteiger partial charge in [-0.2, -0.15) is 0 Å². The van der Waals surface area contributed by atoms with Gasteiger partial charge in [-0.25, -0.2) is 4.98 Å². The Bertz CT molecular complexity index is 519. The largest absolute Gasteiger partial charge is 0.497 e. The second-order valence-electron chi connectivity index (χ2n) is 4.44. The van der Waals surface area contributed by atoms with Crippen molar-refractivity contribution in [2.75, 3.05) is 13.7 Å². The fourth-order valence-corrected chi connectivity index (χ4v) is 1.69. The third-order valence-corrected chi connectivity index (χ3v) is 2.73. The Kier molecular flexibility index (Phi) is 3.04. The number of aliphatic hydroxyl groups is 1. The zero-order valence-corrected chi connectivity index (χ0v) is 10.0. The van der Waals surface area contributed by atoms with Crippen molar-refractivity contribution in [3.8, 4) is 5.75 Å². The molecule has 0 amide bonds. The minimum absolute atomic E-state index is 0.202. The van der Waals surface area contributed by atoms with Gasteiger partial charge in [0.05, 0.1) is 23.7 Å². The van der Waals surface area contributed by atoms with E-state index in [1.807, 2.05) is 18.2 Å². The third-order valence-electron chi connectivity index (χ3n) is 2.73. The maximum atomic E-state index is 9.89. The molecule has 5 nitrogen and oxygen atoms in total. The molecule has 0 spiro atoms. The van der Waals surface area contributed by atoms with E-state index in [0.717, 1.165) is 22.6 Å². The van der Waals surface area contributed by atoms with Gasteiger partial charge in [0.1, 0.15) is 11.6 Å². The van der Waals surface area contributed by atoms with Gasteiger partial charge in [-0.1, -0.05) is 0 Å². The van der Waals surface area contributed by atoms with Crippen LogP contribution < -0.4 is 10.5 Å². The fourth-order valence-electron chi connectivity index (χ4n) is 1.69. The number of hydrogen-bond acceptors (Lipinski definition) is 4. The predicted molar refractivity (Wildman–Crippen MR) is 66.0 cm³/mol. The number of aromatic amines is 1. The number of nitrogens with two attached hydrogens (primary N) is 1. The molecule has 17 heavy (non-hydrogen) atoms. The van der Waals surface area contributed by atoms with Crippen LogP contribution in [0.15, 0.2) is 18.2 Å². The molecule has 0 fully saturated rings. The van der Waals surface area contributed by atoms with E-state index in [0.29, 0.717) is 6.42 Å². The van der Waals surface area contributed by atoms with Crippen LogP contribution in [-0.4, -0.2) is 34.3 Å². The molecule has 1 aromatic heterocycles. The number of hydrogen-bond donors (Lipinski definition) is 3. The van der Waals surface area contributed by atoms with E-state index in [-0.39, 0.29) is 6.54 Å². The second kappa shape index (κ2) is 4.35. The SMILES string of the molecule is COc1ccc2nc(CC(C)(O)CN)[nH]c2c1. The molecule has 1 aromatic carbocycles. The molecule has 1 atom stereocenters. The number of imidazole rings is 1. The van der Waals surface area contributed by atoms with Gasteiger partial charge >= 0.3 is 0 Å². The van der Waals surface area contributed by atoms with Gasteiger partial charge in [-0.3, -0.25) is 0 Å². The Morgan fingerprint density at radius 2 is 2.29 bits per heavy atom. The van der Waals surface area contributed by atoms with Crippen molar-refractivity contribution in [2.45, 2.75) is 18.9 Å². The van der Waals surface area contributed by atoms with Crippen LogP contribution in [0.3, 0.4) is 0 Å². The van der Waals surface area contributed by atoms with Gasteiger partial charge in [0.15, 0.2) is 0 Å². The number of nitrogens with one attached hydrogen (secondary N) is 1. The lowest BCUT2D eigenvalue weighted by Crippen LogP contribution is -2.36. The number of ether oxygens (including phenoxy) is 1. The van der Waals surface area contributed by atoms with E-state index in [9.17, 15) is 5.11 Å². The van der Waals surface area contributed by atoms with Gasteiger partial charge < -0.3 is 20.6 Å². The van der Waals surface area contributed by atoms with Crippen molar-refractivity contribution in [1.29, 1.82) is 0 Å². The summed E-state index contributed by atoms with van der Waals surface area (Å²) in [5.74, 6) is 1.50. The van der Waals surface area contributed by atoms with Crippen molar-refractivity contribution in [3.63, 3.8) is 0 Å². The Labute approximate surface area is 99.6 Å². The van der Waals surface area contributed by atoms with Crippen molar-refractivity contribution in [1.82, 2.24) is 9.97 Å². The van der Waals surface area contributed by atoms with Gasteiger partial charge in [-0.05, 0) is 19.1 Å². The minimum atomic E-state index is -0.933. The standard InChI is InChI=1S/C12H17N3O2/c1-12(16,7-13)6-11-14-9-4-3-8(17-2)5-10(9)15-11/h3-5,16H,6-7,13H2,1-2H3,(H,14,15). The van der Waals surface area contributed by atoms with Crippen LogP contribution in [0.2, 0.25) is 0 Å². The van der Waals surface area contributed by atoms with Crippen LogP contribution in [0.4, 0.5) is 0 Å². The maximum Gasteiger partial charge on any atom is 0.121 e. The molecule has 2 rings (SSSR count). The quantitative estimate of drug-likeness (QED) is 0.732. The van der Waals surface area contributed by atoms with Gasteiger partial charge in [-0.15, -0.1) is 0 Å². The zero-order chi connectivity index (χ0) is 12.5. The smallest absolute Gasteiger partial charge is 0.121 e. The van der Waals surface area contributed by atoms with Crippen molar-refractivity contribution < 1.29 is 9.84 Å². The first-order valence-electron chi connectivity index (χ1n) is 5.49. The first-order valence-corrected chi connectivity index (χ1v) is 5.49. The van der Waals surface area contributed by atoms with E-state index in [1.54, 1.807) is 14.0 Å². The summed E-state index contributed by atoms with van der Waals surface area (Å²) in [6, 6.07) is 5.61. The van der Waals surface area contributed by atoms with Crippen LogP contribution in [0.1, 0.15) is 12.7 Å². The van der Waals surface area contributed by atoms with Crippen molar-refractivity contribution in [2.24, 2.45) is 5.73 Å². The maximum absolute atomic E-state index is 9.89. The van der Waals surface area contributed by atoms with Crippen LogP contribution >= 0.6 is 0 Å². The van der Waals surface area contributed by atoms with E-state index in [4.69, 9.17) is 10.5 Å². The van der Waals surface area contributed by atoms with Crippen molar-refractivity contribution >= 4 is 11.0 Å². The summed E-state index contributed by atoms with van der Waals surface area (Å²) in [6.07, 6.45) is 0.403. The predicted octanol–water partition coefficient (Wildman–Crippen LogP) is 0.824. The lowest BCUT2D eigenvalue weighted by atomic mass is 10.0. The van der Waals surface area contributed by atoms with E-state index < -0.39 is 5.60 Å². The number of aromatic nitrogens is 2. The lowest BCUT2D eigenvalue weighted by Gasteiger charge is -2.18. The molecule has 0 saturated carbocycles. The average Bonchev–Trinajstić information content (AvgIpc) is 2.68. The monoisotopic (exact) mass is 235 g/mol. The third kappa shape index (κ3) is 2.57. The molecule has 92 valence electrons. The van der Waals surface area contributed by atoms with Gasteiger partial charge in [0, 0.05) is 19.0 Å². The van der Waals surface area contributed by atoms with Gasteiger partial charge in [0.2, 0.25) is 0 Å². The highest BCUT2D eigenvalue weighted by Crippen LogP contribution is 2.20. The first kappa shape index (κ1) is 11.9. The first-order chi connectivity index (χ1) is 8.04. The van der Waals surface area contributed by atoms with Crippen molar-refractivity contribution in [3.05, 3.63) is 24.0 Å². The van der Waals surface area contributed by atoms with Crippen LogP contribution in [0.25, 0.3) is 11.0 Å². The Balaban J connectivity index is 2.31. The summed E-state index contributed by atoms with van der Waals surface area (Å²) < 4.78 is 5.14. The number of methoxy groups -OCH3 is 1. The van der Waals surface area contributed by atoms with E-state index in [1.165, 1.54) is 0 Å². The van der Waals surface area contributed by atoms with Gasteiger partial charge in [0.25, 0.3) is 0 Å². The second-order valence-corrected chi connectivity index (χ2v) is 4.44. The number of fused-ring (bicyclic) bond motifs is 1. The molecule has 1 unspecified atom stereocenters. The van der Waals surface area contributed by atoms with Crippen LogP contribution in [-0.2, 0) is 6.42 Å². The summed E-state index contributed by atoms with van der Waals surface area (Å²) in [4.78, 5) is 7.55. The highest BCUT2D eigenvalue weighted by atomic mass is 16.5. The molecule has 0 radical (unpaired) electrons. The summed E-state index contributed by atoms with van der Waals surface area (Å²) in [5.41, 5.74) is 6.30. The molecular weight excluding hydrogens is 218 g/mol. The number of benzene rings is 1. The van der Waals surface area contributed by atoms with Crippen LogP contribution in [0, 0.1) is 0 Å². The Hall–Kier alpha value is -1.59. The Morgan fingerprint density at radius 1 is 1.53 bits per heavy atom. The molecule has 0 aliphatic rings. The normalized spacial score (nSPS) is 14.8. The lowest BCUT2D eigenvalue weighted by molar-refractivity contribution is 0.0678. The Morgan fingerprint density at radius 3 is 2.94 bits per heavy atom. The molecule has 2 aromatic rings. The summed E-state index contributed by atoms with van der Waals surface area (Å²) >= 11 is 0. The topological polar surface area (TPSA) is 84.2 Å². The molecule has 0 aliphatic carbocycles. The fraction of sp³-hybridized carbons (Fsp3) is 0.417. The molecule has 4 N–H and O–H groups in total. The molecule has 1 heterocycles. The number of H-pyrrole nitrogens is 1. The minimum Gasteiger partial charge on any atom is -0.497 e. The number of rotatable bonds is 4. The van der Waals surface area contributed by atoms with E-state index >= 15 is 0 Å². The van der Waals surface area contributed by atoms with Crippen LogP contribution in [0.5, 0.6) is 5.75 Å². The molecule has 0 bridgehead atoms. The zero-order valence-electron chi connectivity index (χ0n) is 10.0. The highest BCUT2D eigenvalue weighted by Gasteiger charge is 2.20. The average molecular weight is 235 g/mol.